The van der Waals surface area contributed by atoms with Gasteiger partial charge in [0.1, 0.15) is 6.10 Å². The summed E-state index contributed by atoms with van der Waals surface area (Å²) in [5, 5.41) is 17.3. The summed E-state index contributed by atoms with van der Waals surface area (Å²) in [6.45, 7) is 11.5. The van der Waals surface area contributed by atoms with Gasteiger partial charge in [-0.2, -0.15) is 0 Å². The van der Waals surface area contributed by atoms with E-state index in [0.29, 0.717) is 48.3 Å². The van der Waals surface area contributed by atoms with Gasteiger partial charge in [0.25, 0.3) is 5.91 Å². The quantitative estimate of drug-likeness (QED) is 0.355. The van der Waals surface area contributed by atoms with E-state index in [2.05, 4.69) is 17.2 Å². The van der Waals surface area contributed by atoms with Crippen LogP contribution in [0.5, 0.6) is 0 Å². The molecule has 5 N–H and O–H groups in total. The smallest absolute Gasteiger partial charge is 0.405 e. The third-order valence-electron chi connectivity index (χ3n) is 7.25. The number of hydrogen-bond donors (Lipinski definition) is 4. The minimum Gasteiger partial charge on any atom is -0.439 e. The Labute approximate surface area is 243 Å². The lowest BCUT2D eigenvalue weighted by Gasteiger charge is -2.30. The standard InChI is InChI=1S/C31H45N3O7/c1-8-12-33-27-22-13-18(2)14-26(40-7)28(36)20(4)15-21(5)29(41-31(32)38)25(39-6)11-9-10-19(3)30(37)34-23(16-22)17-24(27)35/h8-11,15,17-18,20,25-26,28-29,33,36H,1,12-14,16H2,2-7H3,(H2,32,38)(H,34,37)/b11-9-,19-10-,21-15-. The number of ether oxygens (including phenoxy) is 3. The van der Waals surface area contributed by atoms with Crippen molar-refractivity contribution in [3.63, 3.8) is 0 Å². The van der Waals surface area contributed by atoms with Crippen molar-refractivity contribution < 1.29 is 33.7 Å². The molecular formula is C31H45N3O7. The molecule has 2 amide bonds. The van der Waals surface area contributed by atoms with Crippen molar-refractivity contribution in [2.45, 2.75) is 71.4 Å². The number of aliphatic hydroxyl groups excluding tert-OH is 1. The lowest BCUT2D eigenvalue weighted by atomic mass is 9.85. The molecule has 0 spiro atoms. The maximum atomic E-state index is 13.1. The number of carbonyl (C=O) groups excluding carboxylic acids is 3. The van der Waals surface area contributed by atoms with Crippen LogP contribution in [0.2, 0.25) is 0 Å². The first-order valence-corrected chi connectivity index (χ1v) is 13.8. The fourth-order valence-corrected chi connectivity index (χ4v) is 5.11. The second-order valence-electron chi connectivity index (χ2n) is 10.7. The molecule has 0 saturated carbocycles. The SMILES string of the molecule is C=CCNC1=C2CC(=CC1=O)NC(=O)/C(C)=C\C=C/C(OC)C(OC(N)=O)/C(C)=C\C(C)C(O)C(OC)CC(C)C2. The second kappa shape index (κ2) is 16.1. The number of amides is 2. The van der Waals surface area contributed by atoms with E-state index < -0.39 is 30.5 Å². The van der Waals surface area contributed by atoms with Crippen molar-refractivity contribution >= 4 is 17.8 Å². The van der Waals surface area contributed by atoms with Crippen LogP contribution in [0.3, 0.4) is 0 Å². The summed E-state index contributed by atoms with van der Waals surface area (Å²) in [7, 11) is 3.02. The molecule has 0 fully saturated rings. The molecule has 1 aliphatic carbocycles. The van der Waals surface area contributed by atoms with E-state index in [1.807, 2.05) is 19.9 Å². The highest BCUT2D eigenvalue weighted by molar-refractivity contribution is 6.06. The van der Waals surface area contributed by atoms with Gasteiger partial charge in [-0.15, -0.1) is 6.58 Å². The molecule has 2 aliphatic rings. The van der Waals surface area contributed by atoms with Gasteiger partial charge in [0.05, 0.1) is 17.9 Å². The fraction of sp³-hybridized carbons (Fsp3) is 0.516. The molecule has 0 aromatic heterocycles. The van der Waals surface area contributed by atoms with Crippen molar-refractivity contribution in [3.8, 4) is 0 Å². The second-order valence-corrected chi connectivity index (χ2v) is 10.7. The lowest BCUT2D eigenvalue weighted by molar-refractivity contribution is -0.116. The molecule has 2 bridgehead atoms. The maximum Gasteiger partial charge on any atom is 0.405 e. The predicted molar refractivity (Wildman–Crippen MR) is 157 cm³/mol. The summed E-state index contributed by atoms with van der Waals surface area (Å²) in [5.74, 6) is -0.910. The van der Waals surface area contributed by atoms with E-state index in [1.165, 1.54) is 13.2 Å². The number of rotatable bonds is 6. The Kier molecular flexibility index (Phi) is 13.2. The number of fused-ring (bicyclic) bond motifs is 2. The zero-order valence-corrected chi connectivity index (χ0v) is 24.9. The molecule has 0 saturated heterocycles. The van der Waals surface area contributed by atoms with Gasteiger partial charge in [-0.25, -0.2) is 4.79 Å². The maximum absolute atomic E-state index is 13.1. The average Bonchev–Trinajstić information content (AvgIpc) is 2.91. The predicted octanol–water partition coefficient (Wildman–Crippen LogP) is 3.36. The van der Waals surface area contributed by atoms with Gasteiger partial charge >= 0.3 is 6.09 Å². The largest absolute Gasteiger partial charge is 0.439 e. The number of methoxy groups -OCH3 is 2. The first-order chi connectivity index (χ1) is 19.4. The topological polar surface area (TPSA) is 149 Å². The molecule has 1 heterocycles. The Morgan fingerprint density at radius 3 is 2.56 bits per heavy atom. The van der Waals surface area contributed by atoms with Crippen LogP contribution in [0.25, 0.3) is 0 Å². The third-order valence-corrected chi connectivity index (χ3v) is 7.25. The Hall–Kier alpha value is -3.47. The highest BCUT2D eigenvalue weighted by Crippen LogP contribution is 2.30. The van der Waals surface area contributed by atoms with Gasteiger partial charge in [0, 0.05) is 50.4 Å². The van der Waals surface area contributed by atoms with Crippen LogP contribution in [0.1, 0.15) is 47.0 Å². The van der Waals surface area contributed by atoms with Gasteiger partial charge in [0.2, 0.25) is 5.78 Å². The Balaban J connectivity index is 2.56. The third kappa shape index (κ3) is 9.84. The molecule has 0 radical (unpaired) electrons. The number of hydrogen-bond acceptors (Lipinski definition) is 8. The van der Waals surface area contributed by atoms with Crippen LogP contribution in [0.4, 0.5) is 4.79 Å². The first-order valence-electron chi connectivity index (χ1n) is 13.8. The Bertz CT molecular complexity index is 1130. The number of nitrogens with one attached hydrogen (secondary N) is 2. The summed E-state index contributed by atoms with van der Waals surface area (Å²) in [6, 6.07) is 0. The molecule has 226 valence electrons. The zero-order chi connectivity index (χ0) is 30.7. The zero-order valence-electron chi connectivity index (χ0n) is 24.9. The summed E-state index contributed by atoms with van der Waals surface area (Å²) in [6.07, 6.45) is 7.34. The molecule has 0 aromatic carbocycles. The molecular weight excluding hydrogens is 526 g/mol. The van der Waals surface area contributed by atoms with E-state index in [9.17, 15) is 19.5 Å². The molecule has 1 aliphatic heterocycles. The van der Waals surface area contributed by atoms with Crippen molar-refractivity contribution in [3.05, 3.63) is 71.1 Å². The Morgan fingerprint density at radius 2 is 1.95 bits per heavy atom. The van der Waals surface area contributed by atoms with Gasteiger partial charge in [0.15, 0.2) is 6.10 Å². The summed E-state index contributed by atoms with van der Waals surface area (Å²) >= 11 is 0. The minimum atomic E-state index is -0.968. The van der Waals surface area contributed by atoms with E-state index in [0.717, 1.165) is 5.57 Å². The van der Waals surface area contributed by atoms with Gasteiger partial charge in [-0.3, -0.25) is 9.59 Å². The van der Waals surface area contributed by atoms with Crippen molar-refractivity contribution in [2.75, 3.05) is 20.8 Å². The molecule has 10 heteroatoms. The van der Waals surface area contributed by atoms with E-state index >= 15 is 0 Å². The van der Waals surface area contributed by atoms with Gasteiger partial charge < -0.3 is 35.7 Å². The molecule has 6 unspecified atom stereocenters. The highest BCUT2D eigenvalue weighted by Gasteiger charge is 2.30. The van der Waals surface area contributed by atoms with Gasteiger partial charge in [-0.1, -0.05) is 44.2 Å². The van der Waals surface area contributed by atoms with Crippen LogP contribution < -0.4 is 16.4 Å². The number of carbonyl (C=O) groups is 3. The Morgan fingerprint density at radius 1 is 1.24 bits per heavy atom. The van der Waals surface area contributed by atoms with Crippen molar-refractivity contribution in [1.82, 2.24) is 10.6 Å². The summed E-state index contributed by atoms with van der Waals surface area (Å²) in [5.41, 5.74) is 8.26. The fourth-order valence-electron chi connectivity index (χ4n) is 5.11. The minimum absolute atomic E-state index is 0.0296. The van der Waals surface area contributed by atoms with Crippen LogP contribution in [-0.2, 0) is 23.8 Å². The number of nitrogens with two attached hydrogens (primary N) is 1. The molecule has 6 atom stereocenters. The van der Waals surface area contributed by atoms with E-state index in [1.54, 1.807) is 45.3 Å². The number of primary amides is 1. The van der Waals surface area contributed by atoms with Crippen LogP contribution in [0, 0.1) is 11.8 Å². The number of aliphatic hydroxyl groups is 1. The van der Waals surface area contributed by atoms with Gasteiger partial charge in [-0.05, 0) is 43.8 Å². The monoisotopic (exact) mass is 571 g/mol. The van der Waals surface area contributed by atoms with Crippen LogP contribution in [-0.4, -0.2) is 68.1 Å². The lowest BCUT2D eigenvalue weighted by Crippen LogP contribution is -2.37. The number of ketones is 1. The average molecular weight is 572 g/mol. The molecule has 41 heavy (non-hydrogen) atoms. The summed E-state index contributed by atoms with van der Waals surface area (Å²) < 4.78 is 16.7. The normalized spacial score (nSPS) is 32.0. The molecule has 10 nitrogen and oxygen atoms in total. The number of allylic oxidation sites excluding steroid dienone is 4. The molecule has 2 rings (SSSR count). The van der Waals surface area contributed by atoms with Crippen LogP contribution >= 0.6 is 0 Å². The molecule has 0 aromatic rings. The van der Waals surface area contributed by atoms with Crippen LogP contribution in [0.15, 0.2) is 71.1 Å². The summed E-state index contributed by atoms with van der Waals surface area (Å²) in [4.78, 5) is 37.7. The highest BCUT2D eigenvalue weighted by atomic mass is 16.6. The first kappa shape index (κ1) is 33.7. The van der Waals surface area contributed by atoms with Crippen molar-refractivity contribution in [2.24, 2.45) is 17.6 Å². The van der Waals surface area contributed by atoms with Crippen molar-refractivity contribution in [1.29, 1.82) is 0 Å². The van der Waals surface area contributed by atoms with E-state index in [-0.39, 0.29) is 23.5 Å². The van der Waals surface area contributed by atoms with E-state index in [4.69, 9.17) is 19.9 Å².